The third-order valence-electron chi connectivity index (χ3n) is 5.58. The van der Waals surface area contributed by atoms with Gasteiger partial charge >= 0.3 is 0 Å². The number of nitrogens with zero attached hydrogens (tertiary/aromatic N) is 2. The fourth-order valence-corrected chi connectivity index (χ4v) is 5.21. The van der Waals surface area contributed by atoms with E-state index in [-0.39, 0.29) is 23.3 Å². The van der Waals surface area contributed by atoms with Gasteiger partial charge in [-0.1, -0.05) is 70.2 Å². The highest BCUT2D eigenvalue weighted by Gasteiger charge is 2.22. The van der Waals surface area contributed by atoms with Crippen molar-refractivity contribution in [2.24, 2.45) is 0 Å². The largest absolute Gasteiger partial charge is 0.308 e. The first kappa shape index (κ1) is 25.2. The lowest BCUT2D eigenvalue weighted by Crippen LogP contribution is -2.37. The number of sulfonamides is 1. The van der Waals surface area contributed by atoms with E-state index in [4.69, 9.17) is 0 Å². The Hall–Kier alpha value is -2.06. The normalized spacial score (nSPS) is 13.0. The average Bonchev–Trinajstić information content (AvgIpc) is 2.80. The van der Waals surface area contributed by atoms with E-state index in [1.807, 2.05) is 32.0 Å². The maximum absolute atomic E-state index is 12.6. The molecule has 0 bridgehead atoms. The average molecular weight is 446 g/mol. The van der Waals surface area contributed by atoms with Crippen LogP contribution < -0.4 is 5.32 Å². The third-order valence-corrected chi connectivity index (χ3v) is 7.64. The first-order valence-electron chi connectivity index (χ1n) is 11.0. The van der Waals surface area contributed by atoms with Crippen LogP contribution in [0.25, 0.3) is 0 Å². The second kappa shape index (κ2) is 12.1. The molecule has 1 N–H and O–H groups in total. The standard InChI is InChI=1S/C24H35N3O3S/c1-5-26(6-2)23(20-12-10-9-11-13-20)18-25-19-24(28)21-14-16-22(17-15-21)31(29,30)27(7-3)8-4/h9-17,23,25H,5-8,18-19H2,1-4H3. The fourth-order valence-electron chi connectivity index (χ4n) is 3.75. The Kier molecular flexibility index (Phi) is 9.84. The van der Waals surface area contributed by atoms with E-state index >= 15 is 0 Å². The number of Topliss-reactive ketones (excluding diaryl/α,β-unsaturated/α-hetero) is 1. The van der Waals surface area contributed by atoms with E-state index in [1.165, 1.54) is 22.0 Å². The van der Waals surface area contributed by atoms with Crippen molar-refractivity contribution in [1.29, 1.82) is 0 Å². The lowest BCUT2D eigenvalue weighted by Gasteiger charge is -2.30. The van der Waals surface area contributed by atoms with Crippen molar-refractivity contribution < 1.29 is 13.2 Å². The van der Waals surface area contributed by atoms with Gasteiger partial charge in [0.05, 0.1) is 11.4 Å². The zero-order valence-electron chi connectivity index (χ0n) is 19.0. The highest BCUT2D eigenvalue weighted by Crippen LogP contribution is 2.20. The Morgan fingerprint density at radius 3 is 1.97 bits per heavy atom. The zero-order valence-corrected chi connectivity index (χ0v) is 19.9. The van der Waals surface area contributed by atoms with Gasteiger partial charge in [0, 0.05) is 31.2 Å². The predicted molar refractivity (Wildman–Crippen MR) is 126 cm³/mol. The van der Waals surface area contributed by atoms with E-state index in [2.05, 4.69) is 36.2 Å². The van der Waals surface area contributed by atoms with Gasteiger partial charge in [-0.05, 0) is 30.8 Å². The van der Waals surface area contributed by atoms with Crippen LogP contribution in [0, 0.1) is 0 Å². The van der Waals surface area contributed by atoms with Crippen molar-refractivity contribution in [3.8, 4) is 0 Å². The molecular weight excluding hydrogens is 410 g/mol. The minimum Gasteiger partial charge on any atom is -0.308 e. The van der Waals surface area contributed by atoms with Gasteiger partial charge in [-0.2, -0.15) is 4.31 Å². The minimum absolute atomic E-state index is 0.0573. The van der Waals surface area contributed by atoms with Crippen LogP contribution in [0.1, 0.15) is 49.7 Å². The molecular formula is C24H35N3O3S. The van der Waals surface area contributed by atoms with Crippen molar-refractivity contribution >= 4 is 15.8 Å². The van der Waals surface area contributed by atoms with Crippen molar-refractivity contribution in [1.82, 2.24) is 14.5 Å². The molecule has 2 rings (SSSR count). The Bertz CT molecular complexity index is 907. The Labute approximate surface area is 187 Å². The molecule has 0 spiro atoms. The molecule has 0 aromatic heterocycles. The van der Waals surface area contributed by atoms with Gasteiger partial charge in [0.1, 0.15) is 0 Å². The predicted octanol–water partition coefficient (Wildman–Crippen LogP) is 3.57. The number of benzene rings is 2. The summed E-state index contributed by atoms with van der Waals surface area (Å²) in [5, 5.41) is 3.29. The number of rotatable bonds is 13. The summed E-state index contributed by atoms with van der Waals surface area (Å²) in [6, 6.07) is 16.7. The van der Waals surface area contributed by atoms with Gasteiger partial charge in [-0.3, -0.25) is 9.69 Å². The summed E-state index contributed by atoms with van der Waals surface area (Å²) in [6.07, 6.45) is 0. The first-order chi connectivity index (χ1) is 14.9. The van der Waals surface area contributed by atoms with Crippen LogP contribution >= 0.6 is 0 Å². The van der Waals surface area contributed by atoms with Crippen LogP contribution in [0.4, 0.5) is 0 Å². The molecule has 6 nitrogen and oxygen atoms in total. The summed E-state index contributed by atoms with van der Waals surface area (Å²) < 4.78 is 26.6. The maximum Gasteiger partial charge on any atom is 0.243 e. The van der Waals surface area contributed by atoms with Crippen LogP contribution in [0.15, 0.2) is 59.5 Å². The SMILES string of the molecule is CCN(CC)C(CNCC(=O)c1ccc(S(=O)(=O)N(CC)CC)cc1)c1ccccc1. The van der Waals surface area contributed by atoms with E-state index < -0.39 is 10.0 Å². The molecule has 31 heavy (non-hydrogen) atoms. The van der Waals surface area contributed by atoms with Gasteiger partial charge in [-0.25, -0.2) is 8.42 Å². The lowest BCUT2D eigenvalue weighted by atomic mass is 10.0. The Morgan fingerprint density at radius 1 is 0.871 bits per heavy atom. The minimum atomic E-state index is -3.52. The molecule has 1 unspecified atom stereocenters. The number of nitrogens with one attached hydrogen (secondary N) is 1. The number of carbonyl (C=O) groups is 1. The molecule has 170 valence electrons. The molecule has 2 aromatic carbocycles. The summed E-state index contributed by atoms with van der Waals surface area (Å²) in [6.45, 7) is 11.4. The van der Waals surface area contributed by atoms with Crippen LogP contribution in [0.3, 0.4) is 0 Å². The zero-order chi connectivity index (χ0) is 22.9. The number of ketones is 1. The van der Waals surface area contributed by atoms with Gasteiger partial charge in [0.15, 0.2) is 5.78 Å². The second-order valence-electron chi connectivity index (χ2n) is 7.32. The number of hydrogen-bond acceptors (Lipinski definition) is 5. The molecule has 7 heteroatoms. The first-order valence-corrected chi connectivity index (χ1v) is 12.5. The molecule has 0 aliphatic rings. The highest BCUT2D eigenvalue weighted by molar-refractivity contribution is 7.89. The quantitative estimate of drug-likeness (QED) is 0.477. The summed E-state index contributed by atoms with van der Waals surface area (Å²) >= 11 is 0. The van der Waals surface area contributed by atoms with E-state index in [9.17, 15) is 13.2 Å². The van der Waals surface area contributed by atoms with Crippen molar-refractivity contribution in [3.05, 3.63) is 65.7 Å². The fraction of sp³-hybridized carbons (Fsp3) is 0.458. The molecule has 0 aliphatic carbocycles. The Balaban J connectivity index is 2.03. The van der Waals surface area contributed by atoms with E-state index in [0.29, 0.717) is 25.2 Å². The summed E-state index contributed by atoms with van der Waals surface area (Å²) in [7, 11) is -3.52. The second-order valence-corrected chi connectivity index (χ2v) is 9.25. The molecule has 0 saturated heterocycles. The molecule has 0 amide bonds. The molecule has 2 aromatic rings. The highest BCUT2D eigenvalue weighted by atomic mass is 32.2. The molecule has 0 radical (unpaired) electrons. The van der Waals surface area contributed by atoms with Gasteiger partial charge in [0.25, 0.3) is 0 Å². The van der Waals surface area contributed by atoms with Gasteiger partial charge in [0.2, 0.25) is 10.0 Å². The van der Waals surface area contributed by atoms with Crippen LogP contribution in [-0.4, -0.2) is 62.7 Å². The summed E-state index contributed by atoms with van der Waals surface area (Å²) in [5.41, 5.74) is 1.72. The van der Waals surface area contributed by atoms with Crippen molar-refractivity contribution in [3.63, 3.8) is 0 Å². The van der Waals surface area contributed by atoms with Gasteiger partial charge < -0.3 is 5.32 Å². The van der Waals surface area contributed by atoms with Crippen molar-refractivity contribution in [2.45, 2.75) is 38.6 Å². The lowest BCUT2D eigenvalue weighted by molar-refractivity contribution is 0.0986. The summed E-state index contributed by atoms with van der Waals surface area (Å²) in [5.74, 6) is -0.0573. The number of likely N-dealkylation sites (N-methyl/N-ethyl adjacent to an activating group) is 1. The third kappa shape index (κ3) is 6.46. The van der Waals surface area contributed by atoms with Crippen LogP contribution in [0.5, 0.6) is 0 Å². The van der Waals surface area contributed by atoms with Crippen LogP contribution in [-0.2, 0) is 10.0 Å². The molecule has 0 aliphatic heterocycles. The number of hydrogen-bond donors (Lipinski definition) is 1. The van der Waals surface area contributed by atoms with Gasteiger partial charge in [-0.15, -0.1) is 0 Å². The molecule has 0 heterocycles. The topological polar surface area (TPSA) is 69.7 Å². The molecule has 1 atom stereocenters. The maximum atomic E-state index is 12.6. The molecule has 0 saturated carbocycles. The number of carbonyl (C=O) groups excluding carboxylic acids is 1. The smallest absolute Gasteiger partial charge is 0.243 e. The van der Waals surface area contributed by atoms with E-state index in [0.717, 1.165) is 13.1 Å². The van der Waals surface area contributed by atoms with Crippen molar-refractivity contribution in [2.75, 3.05) is 39.3 Å². The molecule has 0 fully saturated rings. The van der Waals surface area contributed by atoms with E-state index in [1.54, 1.807) is 12.1 Å². The Morgan fingerprint density at radius 2 is 1.45 bits per heavy atom. The van der Waals surface area contributed by atoms with Crippen LogP contribution in [0.2, 0.25) is 0 Å². The monoisotopic (exact) mass is 445 g/mol. The summed E-state index contributed by atoms with van der Waals surface area (Å²) in [4.78, 5) is 15.2.